The Hall–Kier alpha value is -1.67. The van der Waals surface area contributed by atoms with Gasteiger partial charge in [-0.15, -0.1) is 0 Å². The van der Waals surface area contributed by atoms with Crippen LogP contribution in [0.4, 0.5) is 4.39 Å². The van der Waals surface area contributed by atoms with Gasteiger partial charge in [0.25, 0.3) is 0 Å². The lowest BCUT2D eigenvalue weighted by Gasteiger charge is -2.27. The third-order valence-corrected chi connectivity index (χ3v) is 3.49. The molecule has 0 saturated carbocycles. The average Bonchev–Trinajstić information content (AvgIpc) is 2.35. The Morgan fingerprint density at radius 1 is 1.05 bits per heavy atom. The van der Waals surface area contributed by atoms with Crippen molar-refractivity contribution in [2.75, 3.05) is 0 Å². The highest BCUT2D eigenvalue weighted by molar-refractivity contribution is 5.37. The van der Waals surface area contributed by atoms with Gasteiger partial charge in [-0.25, -0.2) is 4.39 Å². The Morgan fingerprint density at radius 2 is 1.68 bits per heavy atom. The summed E-state index contributed by atoms with van der Waals surface area (Å²) in [6.45, 7) is 6.17. The van der Waals surface area contributed by atoms with Crippen molar-refractivity contribution in [3.8, 4) is 0 Å². The van der Waals surface area contributed by atoms with Crippen LogP contribution in [0.25, 0.3) is 0 Å². The summed E-state index contributed by atoms with van der Waals surface area (Å²) >= 11 is 0. The molecule has 0 aromatic heterocycles. The van der Waals surface area contributed by atoms with Gasteiger partial charge in [0, 0.05) is 5.54 Å². The Morgan fingerprint density at radius 3 is 2.32 bits per heavy atom. The van der Waals surface area contributed by atoms with Crippen molar-refractivity contribution in [1.82, 2.24) is 0 Å². The van der Waals surface area contributed by atoms with Crippen LogP contribution in [0.3, 0.4) is 0 Å². The van der Waals surface area contributed by atoms with Crippen molar-refractivity contribution >= 4 is 0 Å². The molecule has 2 rings (SSSR count). The fraction of sp³-hybridized carbons (Fsp3) is 0.294. The van der Waals surface area contributed by atoms with Crippen molar-refractivity contribution < 1.29 is 4.39 Å². The van der Waals surface area contributed by atoms with Crippen LogP contribution in [-0.4, -0.2) is 0 Å². The van der Waals surface area contributed by atoms with Crippen molar-refractivity contribution in [3.63, 3.8) is 0 Å². The third kappa shape index (κ3) is 3.21. The second-order valence-corrected chi connectivity index (χ2v) is 5.54. The van der Waals surface area contributed by atoms with Gasteiger partial charge in [0.1, 0.15) is 5.82 Å². The molecule has 0 heterocycles. The molecule has 0 aliphatic rings. The molecular formula is C17H20FN. The molecule has 2 heteroatoms. The van der Waals surface area contributed by atoms with Gasteiger partial charge in [-0.1, -0.05) is 35.9 Å². The maximum absolute atomic E-state index is 12.9. The zero-order valence-electron chi connectivity index (χ0n) is 11.7. The summed E-state index contributed by atoms with van der Waals surface area (Å²) < 4.78 is 12.9. The normalized spacial score (nSPS) is 14.2. The summed E-state index contributed by atoms with van der Waals surface area (Å²) in [5.41, 5.74) is 10.6. The Bertz CT molecular complexity index is 570. The minimum atomic E-state index is -0.450. The Labute approximate surface area is 114 Å². The van der Waals surface area contributed by atoms with Crippen molar-refractivity contribution in [1.29, 1.82) is 0 Å². The zero-order chi connectivity index (χ0) is 14.0. The zero-order valence-corrected chi connectivity index (χ0v) is 11.7. The van der Waals surface area contributed by atoms with Gasteiger partial charge in [0.05, 0.1) is 0 Å². The standard InChI is InChI=1S/C17H20FN/c1-12-4-5-13(2)16(10-12)17(3,19)11-14-6-8-15(18)9-7-14/h4-10H,11,19H2,1-3H3. The SMILES string of the molecule is Cc1ccc(C)c(C(C)(N)Cc2ccc(F)cc2)c1. The van der Waals surface area contributed by atoms with Gasteiger partial charge in [-0.05, 0) is 56.0 Å². The average molecular weight is 257 g/mol. The minimum Gasteiger partial charge on any atom is -0.321 e. The molecule has 0 aliphatic heterocycles. The lowest BCUT2D eigenvalue weighted by atomic mass is 9.83. The summed E-state index contributed by atoms with van der Waals surface area (Å²) in [5, 5.41) is 0. The highest BCUT2D eigenvalue weighted by Gasteiger charge is 2.23. The van der Waals surface area contributed by atoms with E-state index in [9.17, 15) is 4.39 Å². The first-order valence-electron chi connectivity index (χ1n) is 6.49. The fourth-order valence-corrected chi connectivity index (χ4v) is 2.47. The van der Waals surface area contributed by atoms with Crippen LogP contribution >= 0.6 is 0 Å². The predicted molar refractivity (Wildman–Crippen MR) is 77.6 cm³/mol. The molecule has 0 saturated heterocycles. The minimum absolute atomic E-state index is 0.214. The van der Waals surface area contributed by atoms with E-state index >= 15 is 0 Å². The number of aryl methyl sites for hydroxylation is 2. The molecule has 0 amide bonds. The number of halogens is 1. The highest BCUT2D eigenvalue weighted by Crippen LogP contribution is 2.26. The smallest absolute Gasteiger partial charge is 0.123 e. The molecule has 1 unspecified atom stereocenters. The van der Waals surface area contributed by atoms with E-state index in [1.807, 2.05) is 6.92 Å². The van der Waals surface area contributed by atoms with E-state index in [2.05, 4.69) is 32.0 Å². The lowest BCUT2D eigenvalue weighted by Crippen LogP contribution is -2.36. The second kappa shape index (κ2) is 5.14. The van der Waals surface area contributed by atoms with Crippen LogP contribution in [0.15, 0.2) is 42.5 Å². The number of hydrogen-bond donors (Lipinski definition) is 1. The van der Waals surface area contributed by atoms with E-state index < -0.39 is 5.54 Å². The van der Waals surface area contributed by atoms with Gasteiger partial charge in [-0.3, -0.25) is 0 Å². The molecule has 1 atom stereocenters. The summed E-state index contributed by atoms with van der Waals surface area (Å²) in [6, 6.07) is 12.9. The van der Waals surface area contributed by atoms with E-state index in [1.165, 1.54) is 23.3 Å². The van der Waals surface area contributed by atoms with Crippen LogP contribution in [0.5, 0.6) is 0 Å². The molecule has 0 spiro atoms. The van der Waals surface area contributed by atoms with Crippen LogP contribution in [0, 0.1) is 19.7 Å². The maximum Gasteiger partial charge on any atom is 0.123 e. The topological polar surface area (TPSA) is 26.0 Å². The molecule has 19 heavy (non-hydrogen) atoms. The third-order valence-electron chi connectivity index (χ3n) is 3.49. The van der Waals surface area contributed by atoms with Crippen LogP contribution < -0.4 is 5.73 Å². The fourth-order valence-electron chi connectivity index (χ4n) is 2.47. The van der Waals surface area contributed by atoms with Gasteiger partial charge in [0.2, 0.25) is 0 Å². The number of nitrogens with two attached hydrogens (primary N) is 1. The number of rotatable bonds is 3. The lowest BCUT2D eigenvalue weighted by molar-refractivity contribution is 0.487. The molecule has 0 radical (unpaired) electrons. The number of hydrogen-bond acceptors (Lipinski definition) is 1. The van der Waals surface area contributed by atoms with Crippen LogP contribution in [0.1, 0.15) is 29.2 Å². The molecular weight excluding hydrogens is 237 g/mol. The monoisotopic (exact) mass is 257 g/mol. The summed E-state index contributed by atoms with van der Waals surface area (Å²) in [4.78, 5) is 0. The second-order valence-electron chi connectivity index (χ2n) is 5.54. The first kappa shape index (κ1) is 13.8. The van der Waals surface area contributed by atoms with E-state index in [4.69, 9.17) is 5.73 Å². The first-order chi connectivity index (χ1) is 8.88. The molecule has 2 aromatic rings. The Balaban J connectivity index is 2.31. The molecule has 1 nitrogen and oxygen atoms in total. The van der Waals surface area contributed by atoms with Gasteiger partial charge < -0.3 is 5.73 Å². The van der Waals surface area contributed by atoms with E-state index in [0.29, 0.717) is 6.42 Å². The molecule has 100 valence electrons. The van der Waals surface area contributed by atoms with E-state index in [-0.39, 0.29) is 5.82 Å². The summed E-state index contributed by atoms with van der Waals surface area (Å²) in [6.07, 6.45) is 0.692. The van der Waals surface area contributed by atoms with Crippen molar-refractivity contribution in [3.05, 3.63) is 70.5 Å². The van der Waals surface area contributed by atoms with Gasteiger partial charge >= 0.3 is 0 Å². The van der Waals surface area contributed by atoms with Gasteiger partial charge in [-0.2, -0.15) is 0 Å². The first-order valence-corrected chi connectivity index (χ1v) is 6.49. The van der Waals surface area contributed by atoms with Crippen LogP contribution in [0.2, 0.25) is 0 Å². The molecule has 0 bridgehead atoms. The molecule has 0 fully saturated rings. The molecule has 2 N–H and O–H groups in total. The van der Waals surface area contributed by atoms with Crippen molar-refractivity contribution in [2.24, 2.45) is 5.73 Å². The van der Waals surface area contributed by atoms with E-state index in [0.717, 1.165) is 11.1 Å². The molecule has 2 aromatic carbocycles. The van der Waals surface area contributed by atoms with E-state index in [1.54, 1.807) is 12.1 Å². The largest absolute Gasteiger partial charge is 0.321 e. The summed E-state index contributed by atoms with van der Waals surface area (Å²) in [5.74, 6) is -0.214. The Kier molecular flexibility index (Phi) is 3.72. The number of benzene rings is 2. The quantitative estimate of drug-likeness (QED) is 0.887. The van der Waals surface area contributed by atoms with Gasteiger partial charge in [0.15, 0.2) is 0 Å². The summed E-state index contributed by atoms with van der Waals surface area (Å²) in [7, 11) is 0. The maximum atomic E-state index is 12.9. The highest BCUT2D eigenvalue weighted by atomic mass is 19.1. The van der Waals surface area contributed by atoms with Crippen molar-refractivity contribution in [2.45, 2.75) is 32.7 Å². The van der Waals surface area contributed by atoms with Crippen LogP contribution in [-0.2, 0) is 12.0 Å². The molecule has 0 aliphatic carbocycles. The predicted octanol–water partition coefficient (Wildman–Crippen LogP) is 3.86.